The number of aromatic amines is 1. The van der Waals surface area contributed by atoms with E-state index < -0.39 is 0 Å². The lowest BCUT2D eigenvalue weighted by Gasteiger charge is -2.24. The highest BCUT2D eigenvalue weighted by atomic mass is 16.2. The van der Waals surface area contributed by atoms with Gasteiger partial charge in [-0.3, -0.25) is 4.79 Å². The lowest BCUT2D eigenvalue weighted by molar-refractivity contribution is 0.0732. The van der Waals surface area contributed by atoms with Crippen molar-refractivity contribution in [2.24, 2.45) is 0 Å². The first-order valence-electron chi connectivity index (χ1n) is 10.5. The first-order chi connectivity index (χ1) is 14.9. The molecule has 1 aliphatic rings. The fourth-order valence-electron chi connectivity index (χ4n) is 4.29. The van der Waals surface area contributed by atoms with E-state index in [1.54, 1.807) is 10.9 Å². The van der Waals surface area contributed by atoms with Crippen LogP contribution in [0.3, 0.4) is 0 Å². The van der Waals surface area contributed by atoms with Gasteiger partial charge in [0.1, 0.15) is 5.82 Å². The first kappa shape index (κ1) is 19.3. The van der Waals surface area contributed by atoms with Crippen LogP contribution in [-0.2, 0) is 0 Å². The minimum atomic E-state index is -0.168. The first-order valence-corrected chi connectivity index (χ1v) is 10.5. The van der Waals surface area contributed by atoms with Crippen molar-refractivity contribution in [1.29, 1.82) is 0 Å². The number of nitrogens with zero attached hydrogens (tertiary/aromatic N) is 4. The van der Waals surface area contributed by atoms with Gasteiger partial charge in [0.05, 0.1) is 28.3 Å². The maximum absolute atomic E-state index is 13.8. The molecule has 156 valence electrons. The Morgan fingerprint density at radius 1 is 1.16 bits per heavy atom. The molecule has 0 unspecified atom stereocenters. The molecular formula is C25H25N5O. The van der Waals surface area contributed by atoms with Gasteiger partial charge in [0, 0.05) is 18.9 Å². The zero-order valence-electron chi connectivity index (χ0n) is 18.0. The topological polar surface area (TPSA) is 66.8 Å². The molecule has 2 aromatic carbocycles. The van der Waals surface area contributed by atoms with E-state index in [-0.39, 0.29) is 11.9 Å². The summed E-state index contributed by atoms with van der Waals surface area (Å²) in [6, 6.07) is 11.8. The third kappa shape index (κ3) is 3.34. The molecule has 4 aromatic rings. The van der Waals surface area contributed by atoms with Crippen molar-refractivity contribution >= 4 is 16.9 Å². The molecule has 31 heavy (non-hydrogen) atoms. The third-order valence-electron chi connectivity index (χ3n) is 6.08. The van der Waals surface area contributed by atoms with Gasteiger partial charge in [0.25, 0.3) is 5.91 Å². The van der Waals surface area contributed by atoms with Crippen LogP contribution in [0.1, 0.15) is 45.3 Å². The molecule has 0 radical (unpaired) electrons. The van der Waals surface area contributed by atoms with Gasteiger partial charge in [-0.25, -0.2) is 9.67 Å². The molecule has 1 N–H and O–H groups in total. The van der Waals surface area contributed by atoms with Crippen LogP contribution < -0.4 is 0 Å². The second kappa shape index (κ2) is 7.23. The number of carbonyl (C=O) groups excluding carboxylic acids is 1. The Balaban J connectivity index is 1.56. The van der Waals surface area contributed by atoms with Crippen LogP contribution in [0, 0.1) is 20.8 Å². The van der Waals surface area contributed by atoms with Crippen molar-refractivity contribution in [3.05, 3.63) is 89.0 Å². The minimum absolute atomic E-state index is 0.0364. The summed E-state index contributed by atoms with van der Waals surface area (Å²) < 4.78 is 1.74. The molecule has 3 heterocycles. The molecule has 0 bridgehead atoms. The fraction of sp³-hybridized carbons (Fsp3) is 0.240. The fourth-order valence-corrected chi connectivity index (χ4v) is 4.29. The van der Waals surface area contributed by atoms with Gasteiger partial charge < -0.3 is 9.88 Å². The normalized spacial score (nSPS) is 16.4. The monoisotopic (exact) mass is 411 g/mol. The van der Waals surface area contributed by atoms with Gasteiger partial charge >= 0.3 is 0 Å². The Kier molecular flexibility index (Phi) is 4.50. The van der Waals surface area contributed by atoms with E-state index in [9.17, 15) is 4.79 Å². The smallest absolute Gasteiger partial charge is 0.256 e. The lowest BCUT2D eigenvalue weighted by atomic mass is 10.1. The van der Waals surface area contributed by atoms with Gasteiger partial charge in [-0.15, -0.1) is 0 Å². The average Bonchev–Trinajstić information content (AvgIpc) is 3.47. The maximum Gasteiger partial charge on any atom is 0.256 e. The standard InChI is InChI=1S/C25H25N5O/c1-15-6-7-22(30-9-5-8-26-30)19(10-15)25(31)29-14-16(2)11-23(29)24-27-20-12-17(3)18(4)13-21(20)28-24/h5-10,12-13,23H,2,11,14H2,1,3-4H3,(H,27,28)/t23-/m0/s1. The van der Waals surface area contributed by atoms with Crippen molar-refractivity contribution in [3.8, 4) is 5.69 Å². The number of carbonyl (C=O) groups is 1. The maximum atomic E-state index is 13.8. The summed E-state index contributed by atoms with van der Waals surface area (Å²) in [5.41, 5.74) is 7.81. The van der Waals surface area contributed by atoms with Crippen LogP contribution in [-0.4, -0.2) is 37.1 Å². The second-order valence-corrected chi connectivity index (χ2v) is 8.45. The van der Waals surface area contributed by atoms with Gasteiger partial charge in [-0.1, -0.05) is 23.8 Å². The Labute approximate surface area is 181 Å². The highest BCUT2D eigenvalue weighted by Crippen LogP contribution is 2.36. The highest BCUT2D eigenvalue weighted by molar-refractivity contribution is 5.98. The van der Waals surface area contributed by atoms with E-state index in [1.165, 1.54) is 11.1 Å². The molecule has 0 aliphatic carbocycles. The number of imidazole rings is 1. The van der Waals surface area contributed by atoms with Crippen LogP contribution in [0.4, 0.5) is 0 Å². The molecule has 1 saturated heterocycles. The van der Waals surface area contributed by atoms with Crippen LogP contribution in [0.2, 0.25) is 0 Å². The number of aromatic nitrogens is 4. The van der Waals surface area contributed by atoms with Crippen LogP contribution in [0.15, 0.2) is 60.9 Å². The molecule has 1 atom stereocenters. The Morgan fingerprint density at radius 2 is 1.97 bits per heavy atom. The van der Waals surface area contributed by atoms with Crippen molar-refractivity contribution in [2.75, 3.05) is 6.54 Å². The molecule has 5 rings (SSSR count). The highest BCUT2D eigenvalue weighted by Gasteiger charge is 2.35. The zero-order valence-corrected chi connectivity index (χ0v) is 18.0. The summed E-state index contributed by atoms with van der Waals surface area (Å²) in [6.07, 6.45) is 4.27. The largest absolute Gasteiger partial charge is 0.340 e. The van der Waals surface area contributed by atoms with Gasteiger partial charge in [-0.05, 0) is 68.7 Å². The van der Waals surface area contributed by atoms with Crippen molar-refractivity contribution in [2.45, 2.75) is 33.2 Å². The summed E-state index contributed by atoms with van der Waals surface area (Å²) in [6.45, 7) is 10.9. The molecule has 6 heteroatoms. The van der Waals surface area contributed by atoms with E-state index in [0.717, 1.165) is 33.7 Å². The summed E-state index contributed by atoms with van der Waals surface area (Å²) in [4.78, 5) is 23.9. The summed E-state index contributed by atoms with van der Waals surface area (Å²) in [5, 5.41) is 4.33. The van der Waals surface area contributed by atoms with E-state index >= 15 is 0 Å². The number of likely N-dealkylation sites (tertiary alicyclic amines) is 1. The molecule has 1 fully saturated rings. The molecule has 6 nitrogen and oxygen atoms in total. The molecule has 0 saturated carbocycles. The average molecular weight is 412 g/mol. The van der Waals surface area contributed by atoms with Crippen LogP contribution in [0.25, 0.3) is 16.7 Å². The third-order valence-corrected chi connectivity index (χ3v) is 6.08. The minimum Gasteiger partial charge on any atom is -0.340 e. The summed E-state index contributed by atoms with van der Waals surface area (Å²) in [7, 11) is 0. The quantitative estimate of drug-likeness (QED) is 0.492. The Bertz CT molecular complexity index is 1280. The number of fused-ring (bicyclic) bond motifs is 1. The van der Waals surface area contributed by atoms with Crippen LogP contribution >= 0.6 is 0 Å². The van der Waals surface area contributed by atoms with Gasteiger partial charge in [-0.2, -0.15) is 5.10 Å². The van der Waals surface area contributed by atoms with Crippen molar-refractivity contribution in [1.82, 2.24) is 24.6 Å². The van der Waals surface area contributed by atoms with E-state index in [2.05, 4.69) is 42.6 Å². The Hall–Kier alpha value is -3.67. The van der Waals surface area contributed by atoms with Crippen molar-refractivity contribution < 1.29 is 4.79 Å². The second-order valence-electron chi connectivity index (χ2n) is 8.45. The zero-order chi connectivity index (χ0) is 21.7. The number of amides is 1. The van der Waals surface area contributed by atoms with E-state index in [0.29, 0.717) is 18.5 Å². The number of hydrogen-bond acceptors (Lipinski definition) is 3. The number of rotatable bonds is 3. The lowest BCUT2D eigenvalue weighted by Crippen LogP contribution is -2.32. The summed E-state index contributed by atoms with van der Waals surface area (Å²) in [5.74, 6) is 0.769. The Morgan fingerprint density at radius 3 is 2.74 bits per heavy atom. The predicted octanol–water partition coefficient (Wildman–Crippen LogP) is 4.82. The van der Waals surface area contributed by atoms with Gasteiger partial charge in [0.15, 0.2) is 0 Å². The van der Waals surface area contributed by atoms with Crippen LogP contribution in [0.5, 0.6) is 0 Å². The number of hydrogen-bond donors (Lipinski definition) is 1. The molecule has 0 spiro atoms. The van der Waals surface area contributed by atoms with Gasteiger partial charge in [0.2, 0.25) is 0 Å². The number of H-pyrrole nitrogens is 1. The summed E-state index contributed by atoms with van der Waals surface area (Å²) >= 11 is 0. The predicted molar refractivity (Wildman–Crippen MR) is 121 cm³/mol. The number of nitrogens with one attached hydrogen (secondary N) is 1. The molecule has 1 amide bonds. The molecule has 2 aromatic heterocycles. The van der Waals surface area contributed by atoms with E-state index in [1.807, 2.05) is 42.3 Å². The number of aryl methyl sites for hydroxylation is 3. The SMILES string of the molecule is C=C1C[C@@H](c2nc3cc(C)c(C)cc3[nH]2)N(C(=O)c2cc(C)ccc2-n2cccn2)C1. The molecule has 1 aliphatic heterocycles. The van der Waals surface area contributed by atoms with E-state index in [4.69, 9.17) is 4.98 Å². The number of benzene rings is 2. The van der Waals surface area contributed by atoms with Crippen molar-refractivity contribution in [3.63, 3.8) is 0 Å². The molecular weight excluding hydrogens is 386 g/mol.